The summed E-state index contributed by atoms with van der Waals surface area (Å²) in [5, 5.41) is 0.464. The van der Waals surface area contributed by atoms with Gasteiger partial charge in [0.05, 0.1) is 11.8 Å². The van der Waals surface area contributed by atoms with Gasteiger partial charge in [-0.3, -0.25) is 0 Å². The van der Waals surface area contributed by atoms with E-state index in [1.807, 2.05) is 11.9 Å². The van der Waals surface area contributed by atoms with Gasteiger partial charge in [-0.15, -0.1) is 0 Å². The summed E-state index contributed by atoms with van der Waals surface area (Å²) in [5.41, 5.74) is 6.54. The molecule has 1 aliphatic rings. The fourth-order valence-electron chi connectivity index (χ4n) is 2.09. The van der Waals surface area contributed by atoms with Gasteiger partial charge < -0.3 is 15.4 Å². The van der Waals surface area contributed by atoms with E-state index in [-0.39, 0.29) is 6.10 Å². The highest BCUT2D eigenvalue weighted by Crippen LogP contribution is 2.23. The molecule has 1 aliphatic heterocycles. The van der Waals surface area contributed by atoms with Crippen molar-refractivity contribution in [3.8, 4) is 0 Å². The summed E-state index contributed by atoms with van der Waals surface area (Å²) >= 11 is 5.88. The molecule has 4 nitrogen and oxygen atoms in total. The lowest BCUT2D eigenvalue weighted by Crippen LogP contribution is -2.34. The molecule has 2 N–H and O–H groups in total. The largest absolute Gasteiger partial charge is 0.396 e. The zero-order chi connectivity index (χ0) is 12.3. The molecule has 0 aliphatic carbocycles. The summed E-state index contributed by atoms with van der Waals surface area (Å²) in [6, 6.07) is 3.48. The lowest BCUT2D eigenvalue weighted by molar-refractivity contribution is 0.0215. The molecule has 1 unspecified atom stereocenters. The average molecular weight is 256 g/mol. The molecule has 0 bridgehead atoms. The van der Waals surface area contributed by atoms with Crippen LogP contribution in [0.3, 0.4) is 0 Å². The number of nitrogen functional groups attached to an aromatic ring is 1. The molecule has 0 saturated carbocycles. The minimum Gasteiger partial charge on any atom is -0.396 e. The summed E-state index contributed by atoms with van der Waals surface area (Å²) in [6.45, 7) is 1.66. The van der Waals surface area contributed by atoms with Gasteiger partial charge in [0.25, 0.3) is 0 Å². The number of aromatic nitrogens is 1. The molecule has 1 atom stereocenters. The minimum atomic E-state index is 0.272. The summed E-state index contributed by atoms with van der Waals surface area (Å²) in [5.74, 6) is 0.728. The Hall–Kier alpha value is -1.00. The number of hydrogen-bond donors (Lipinski definition) is 1. The molecule has 5 heteroatoms. The molecule has 94 valence electrons. The molecule has 0 aromatic carbocycles. The van der Waals surface area contributed by atoms with Gasteiger partial charge in [0.15, 0.2) is 5.82 Å². The number of rotatable bonds is 3. The van der Waals surface area contributed by atoms with Crippen molar-refractivity contribution >= 4 is 23.1 Å². The van der Waals surface area contributed by atoms with Gasteiger partial charge in [-0.2, -0.15) is 0 Å². The Bertz CT molecular complexity index is 380. The van der Waals surface area contributed by atoms with Crippen molar-refractivity contribution in [2.75, 3.05) is 30.8 Å². The summed E-state index contributed by atoms with van der Waals surface area (Å²) in [4.78, 5) is 6.26. The number of anilines is 2. The van der Waals surface area contributed by atoms with Gasteiger partial charge in [-0.05, 0) is 31.4 Å². The van der Waals surface area contributed by atoms with Crippen LogP contribution in [-0.2, 0) is 4.74 Å². The predicted octanol–water partition coefficient (Wildman–Crippen LogP) is 2.32. The van der Waals surface area contributed by atoms with Gasteiger partial charge in [0.1, 0.15) is 5.15 Å². The molecule has 2 heterocycles. The molecule has 0 radical (unpaired) electrons. The maximum atomic E-state index is 5.89. The highest BCUT2D eigenvalue weighted by Gasteiger charge is 2.17. The van der Waals surface area contributed by atoms with Gasteiger partial charge in [-0.25, -0.2) is 4.98 Å². The molecule has 1 saturated heterocycles. The highest BCUT2D eigenvalue weighted by atomic mass is 35.5. The van der Waals surface area contributed by atoms with Crippen LogP contribution < -0.4 is 10.6 Å². The fourth-order valence-corrected chi connectivity index (χ4v) is 2.23. The summed E-state index contributed by atoms with van der Waals surface area (Å²) < 4.78 is 5.70. The van der Waals surface area contributed by atoms with E-state index in [2.05, 4.69) is 4.98 Å². The average Bonchev–Trinajstić information content (AvgIpc) is 2.33. The van der Waals surface area contributed by atoms with Crippen LogP contribution >= 0.6 is 11.6 Å². The van der Waals surface area contributed by atoms with Crippen molar-refractivity contribution in [2.45, 2.75) is 25.4 Å². The van der Waals surface area contributed by atoms with E-state index >= 15 is 0 Å². The maximum Gasteiger partial charge on any atom is 0.153 e. The number of pyridine rings is 1. The first-order chi connectivity index (χ1) is 8.16. The third kappa shape index (κ3) is 3.23. The van der Waals surface area contributed by atoms with E-state index < -0.39 is 0 Å². The van der Waals surface area contributed by atoms with Crippen molar-refractivity contribution in [1.82, 2.24) is 4.98 Å². The third-order valence-corrected chi connectivity index (χ3v) is 3.19. The van der Waals surface area contributed by atoms with E-state index in [4.69, 9.17) is 22.1 Å². The van der Waals surface area contributed by atoms with Gasteiger partial charge >= 0.3 is 0 Å². The van der Waals surface area contributed by atoms with Crippen LogP contribution in [0, 0.1) is 0 Å². The first-order valence-electron chi connectivity index (χ1n) is 5.91. The van der Waals surface area contributed by atoms with Crippen LogP contribution in [-0.4, -0.2) is 31.3 Å². The molecule has 1 aromatic heterocycles. The standard InChI is InChI=1S/C12H18ClN3O/c1-16(8-9-4-2-3-7-17-9)12-10(14)5-6-11(13)15-12/h5-6,9H,2-4,7-8,14H2,1H3. The van der Waals surface area contributed by atoms with E-state index in [0.29, 0.717) is 10.8 Å². The zero-order valence-electron chi connectivity index (χ0n) is 10.0. The second-order valence-electron chi connectivity index (χ2n) is 4.42. The lowest BCUT2D eigenvalue weighted by Gasteiger charge is -2.28. The third-order valence-electron chi connectivity index (χ3n) is 2.98. The molecular formula is C12H18ClN3O. The van der Waals surface area contributed by atoms with Gasteiger partial charge in [-0.1, -0.05) is 11.6 Å². The van der Waals surface area contributed by atoms with Crippen molar-refractivity contribution in [3.05, 3.63) is 17.3 Å². The second-order valence-corrected chi connectivity index (χ2v) is 4.80. The molecular weight excluding hydrogens is 238 g/mol. The quantitative estimate of drug-likeness (QED) is 0.843. The smallest absolute Gasteiger partial charge is 0.153 e. The van der Waals surface area contributed by atoms with Gasteiger partial charge in [0, 0.05) is 20.2 Å². The monoisotopic (exact) mass is 255 g/mol. The Morgan fingerprint density at radius 3 is 3.06 bits per heavy atom. The van der Waals surface area contributed by atoms with Crippen LogP contribution in [0.2, 0.25) is 5.15 Å². The maximum absolute atomic E-state index is 5.89. The van der Waals surface area contributed by atoms with Gasteiger partial charge in [0.2, 0.25) is 0 Å². The van der Waals surface area contributed by atoms with E-state index in [1.54, 1.807) is 12.1 Å². The first kappa shape index (κ1) is 12.5. The van der Waals surface area contributed by atoms with Crippen molar-refractivity contribution < 1.29 is 4.74 Å². The SMILES string of the molecule is CN(CC1CCCCO1)c1nc(Cl)ccc1N. The molecule has 17 heavy (non-hydrogen) atoms. The predicted molar refractivity (Wildman–Crippen MR) is 70.5 cm³/mol. The van der Waals surface area contributed by atoms with Crippen LogP contribution in [0.15, 0.2) is 12.1 Å². The van der Waals surface area contributed by atoms with Crippen molar-refractivity contribution in [1.29, 1.82) is 0 Å². The summed E-state index contributed by atoms with van der Waals surface area (Å²) in [6.07, 6.45) is 3.77. The highest BCUT2D eigenvalue weighted by molar-refractivity contribution is 6.29. The topological polar surface area (TPSA) is 51.4 Å². The fraction of sp³-hybridized carbons (Fsp3) is 0.583. The normalized spacial score (nSPS) is 20.2. The number of ether oxygens (including phenoxy) is 1. The first-order valence-corrected chi connectivity index (χ1v) is 6.29. The number of likely N-dealkylation sites (N-methyl/N-ethyl adjacent to an activating group) is 1. The van der Waals surface area contributed by atoms with Crippen LogP contribution in [0.25, 0.3) is 0 Å². The number of hydrogen-bond acceptors (Lipinski definition) is 4. The molecule has 2 rings (SSSR count). The van der Waals surface area contributed by atoms with Crippen LogP contribution in [0.5, 0.6) is 0 Å². The van der Waals surface area contributed by atoms with E-state index in [0.717, 1.165) is 31.8 Å². The Morgan fingerprint density at radius 2 is 2.35 bits per heavy atom. The Labute approximate surface area is 107 Å². The van der Waals surface area contributed by atoms with Crippen LogP contribution in [0.4, 0.5) is 11.5 Å². The number of nitrogens with two attached hydrogens (primary N) is 1. The molecule has 1 fully saturated rings. The molecule has 0 spiro atoms. The zero-order valence-corrected chi connectivity index (χ0v) is 10.8. The van der Waals surface area contributed by atoms with Crippen molar-refractivity contribution in [3.63, 3.8) is 0 Å². The van der Waals surface area contributed by atoms with Crippen LogP contribution in [0.1, 0.15) is 19.3 Å². The summed E-state index contributed by atoms with van der Waals surface area (Å²) in [7, 11) is 1.97. The van der Waals surface area contributed by atoms with E-state index in [1.165, 1.54) is 6.42 Å². The van der Waals surface area contributed by atoms with Crippen molar-refractivity contribution in [2.24, 2.45) is 0 Å². The minimum absolute atomic E-state index is 0.272. The molecule has 0 amide bonds. The Kier molecular flexibility index (Phi) is 4.07. The second kappa shape index (κ2) is 5.56. The number of halogens is 1. The molecule has 1 aromatic rings. The lowest BCUT2D eigenvalue weighted by atomic mass is 10.1. The van der Waals surface area contributed by atoms with E-state index in [9.17, 15) is 0 Å². The Balaban J connectivity index is 2.02. The Morgan fingerprint density at radius 1 is 1.53 bits per heavy atom. The number of nitrogens with zero attached hydrogens (tertiary/aromatic N) is 2.